The fourth-order valence-corrected chi connectivity index (χ4v) is 4.99. The summed E-state index contributed by atoms with van der Waals surface area (Å²) in [4.78, 5) is 29.3. The van der Waals surface area contributed by atoms with Crippen LogP contribution in [-0.4, -0.2) is 46.7 Å². The SMILES string of the molecule is O=C(O)COC1(c2cccnc2Br)CC2(CN(C(=O)OCc3ccccc3)C2)C1. The second-order valence-electron chi connectivity index (χ2n) is 7.77. The van der Waals surface area contributed by atoms with Crippen molar-refractivity contribution >= 4 is 28.0 Å². The second-order valence-corrected chi connectivity index (χ2v) is 8.52. The number of ether oxygens (including phenoxy) is 2. The van der Waals surface area contributed by atoms with Crippen molar-refractivity contribution in [3.05, 3.63) is 64.4 Å². The van der Waals surface area contributed by atoms with E-state index in [2.05, 4.69) is 20.9 Å². The van der Waals surface area contributed by atoms with E-state index in [0.29, 0.717) is 30.5 Å². The summed E-state index contributed by atoms with van der Waals surface area (Å²) in [5, 5.41) is 9.06. The van der Waals surface area contributed by atoms with Gasteiger partial charge in [0.2, 0.25) is 0 Å². The summed E-state index contributed by atoms with van der Waals surface area (Å²) in [5.41, 5.74) is 1.02. The first kappa shape index (κ1) is 19.8. The standard InChI is InChI=1S/C21H21BrN2O5/c22-18-16(7-4-8-23-18)21(29-10-17(25)26)11-20(12-21)13-24(14-20)19(27)28-9-15-5-2-1-3-6-15/h1-8H,9-14H2,(H,25,26). The van der Waals surface area contributed by atoms with E-state index in [0.717, 1.165) is 11.1 Å². The van der Waals surface area contributed by atoms with Crippen LogP contribution in [0.1, 0.15) is 24.0 Å². The maximum Gasteiger partial charge on any atom is 0.410 e. The molecular weight excluding hydrogens is 440 g/mol. The van der Waals surface area contributed by atoms with Crippen LogP contribution in [0.15, 0.2) is 53.3 Å². The zero-order valence-electron chi connectivity index (χ0n) is 15.7. The molecule has 4 rings (SSSR count). The largest absolute Gasteiger partial charge is 0.480 e. The predicted octanol–water partition coefficient (Wildman–Crippen LogP) is 3.57. The Kier molecular flexibility index (Phi) is 5.31. The molecular formula is C21H21BrN2O5. The normalized spacial score (nSPS) is 18.6. The van der Waals surface area contributed by atoms with E-state index >= 15 is 0 Å². The molecule has 1 saturated carbocycles. The number of nitrogens with zero attached hydrogens (tertiary/aromatic N) is 2. The molecule has 2 aliphatic rings. The molecule has 0 radical (unpaired) electrons. The summed E-state index contributed by atoms with van der Waals surface area (Å²) in [7, 11) is 0. The Labute approximate surface area is 176 Å². The van der Waals surface area contributed by atoms with Gasteiger partial charge in [-0.05, 0) is 40.4 Å². The number of carboxylic acid groups (broad SMARTS) is 1. The van der Waals surface area contributed by atoms with Crippen molar-refractivity contribution in [2.45, 2.75) is 25.0 Å². The number of likely N-dealkylation sites (tertiary alicyclic amines) is 1. The highest BCUT2D eigenvalue weighted by Gasteiger charge is 2.63. The predicted molar refractivity (Wildman–Crippen MR) is 107 cm³/mol. The van der Waals surface area contributed by atoms with Crippen molar-refractivity contribution in [1.29, 1.82) is 0 Å². The fraction of sp³-hybridized carbons (Fsp3) is 0.381. The number of benzene rings is 1. The molecule has 0 unspecified atom stereocenters. The van der Waals surface area contributed by atoms with E-state index in [-0.39, 0.29) is 24.7 Å². The molecule has 1 amide bonds. The van der Waals surface area contributed by atoms with Crippen LogP contribution in [0, 0.1) is 5.41 Å². The molecule has 0 atom stereocenters. The summed E-state index contributed by atoms with van der Waals surface area (Å²) in [5.74, 6) is -1.01. The van der Waals surface area contributed by atoms with E-state index in [9.17, 15) is 9.59 Å². The Morgan fingerprint density at radius 1 is 1.14 bits per heavy atom. The molecule has 0 bridgehead atoms. The smallest absolute Gasteiger partial charge is 0.410 e. The van der Waals surface area contributed by atoms with E-state index in [1.54, 1.807) is 11.1 Å². The molecule has 29 heavy (non-hydrogen) atoms. The van der Waals surface area contributed by atoms with Gasteiger partial charge < -0.3 is 19.5 Å². The first-order valence-electron chi connectivity index (χ1n) is 9.34. The van der Waals surface area contributed by atoms with E-state index in [4.69, 9.17) is 14.6 Å². The minimum atomic E-state index is -1.01. The summed E-state index contributed by atoms with van der Waals surface area (Å²) in [6, 6.07) is 13.3. The molecule has 1 saturated heterocycles. The summed E-state index contributed by atoms with van der Waals surface area (Å²) in [6.45, 7) is 1.03. The number of pyridine rings is 1. The summed E-state index contributed by atoms with van der Waals surface area (Å²) in [6.07, 6.45) is 2.62. The average Bonchev–Trinajstić information content (AvgIpc) is 2.65. The Morgan fingerprint density at radius 3 is 2.52 bits per heavy atom. The lowest BCUT2D eigenvalue weighted by molar-refractivity contribution is -0.219. The maximum atomic E-state index is 12.3. The monoisotopic (exact) mass is 460 g/mol. The highest BCUT2D eigenvalue weighted by atomic mass is 79.9. The molecule has 1 aliphatic heterocycles. The number of hydrogen-bond donors (Lipinski definition) is 1. The maximum absolute atomic E-state index is 12.3. The number of aromatic nitrogens is 1. The van der Waals surface area contributed by atoms with Gasteiger partial charge in [0.15, 0.2) is 0 Å². The van der Waals surface area contributed by atoms with Crippen LogP contribution in [0.3, 0.4) is 0 Å². The molecule has 152 valence electrons. The Balaban J connectivity index is 1.36. The van der Waals surface area contributed by atoms with Crippen LogP contribution in [0.2, 0.25) is 0 Å². The van der Waals surface area contributed by atoms with E-state index in [1.807, 2.05) is 42.5 Å². The Hall–Kier alpha value is -2.45. The quantitative estimate of drug-likeness (QED) is 0.662. The Bertz CT molecular complexity index is 906. The number of carbonyl (C=O) groups excluding carboxylic acids is 1. The van der Waals surface area contributed by atoms with Crippen molar-refractivity contribution in [2.75, 3.05) is 19.7 Å². The molecule has 7 nitrogen and oxygen atoms in total. The number of aliphatic carboxylic acids is 1. The topological polar surface area (TPSA) is 89.0 Å². The van der Waals surface area contributed by atoms with Gasteiger partial charge in [-0.25, -0.2) is 14.6 Å². The molecule has 1 aromatic carbocycles. The lowest BCUT2D eigenvalue weighted by Crippen LogP contribution is -2.68. The summed E-state index contributed by atoms with van der Waals surface area (Å²) >= 11 is 3.45. The van der Waals surface area contributed by atoms with Crippen molar-refractivity contribution in [1.82, 2.24) is 9.88 Å². The number of carbonyl (C=O) groups is 2. The van der Waals surface area contributed by atoms with Crippen LogP contribution in [-0.2, 0) is 26.5 Å². The number of amides is 1. The molecule has 1 N–H and O–H groups in total. The third-order valence-corrected chi connectivity index (χ3v) is 6.19. The third kappa shape index (κ3) is 4.00. The molecule has 2 fully saturated rings. The van der Waals surface area contributed by atoms with Crippen molar-refractivity contribution in [2.24, 2.45) is 5.41 Å². The van der Waals surface area contributed by atoms with Gasteiger partial charge in [-0.2, -0.15) is 0 Å². The lowest BCUT2D eigenvalue weighted by Gasteiger charge is -2.63. The van der Waals surface area contributed by atoms with Crippen molar-refractivity contribution in [3.8, 4) is 0 Å². The van der Waals surface area contributed by atoms with Crippen LogP contribution in [0.4, 0.5) is 4.79 Å². The third-order valence-electron chi connectivity index (χ3n) is 5.56. The van der Waals surface area contributed by atoms with Crippen molar-refractivity contribution < 1.29 is 24.2 Å². The minimum absolute atomic E-state index is 0.0699. The number of rotatable bonds is 6. The van der Waals surface area contributed by atoms with Gasteiger partial charge in [0.1, 0.15) is 17.8 Å². The molecule has 2 heterocycles. The van der Waals surface area contributed by atoms with Gasteiger partial charge in [-0.15, -0.1) is 0 Å². The van der Waals surface area contributed by atoms with Crippen LogP contribution < -0.4 is 0 Å². The number of hydrogen-bond acceptors (Lipinski definition) is 5. The molecule has 8 heteroatoms. The lowest BCUT2D eigenvalue weighted by atomic mass is 9.53. The molecule has 1 aromatic heterocycles. The molecule has 1 spiro atoms. The van der Waals surface area contributed by atoms with Crippen LogP contribution in [0.5, 0.6) is 0 Å². The second kappa shape index (κ2) is 7.76. The van der Waals surface area contributed by atoms with Gasteiger partial charge in [0.05, 0.1) is 5.60 Å². The highest BCUT2D eigenvalue weighted by molar-refractivity contribution is 9.10. The van der Waals surface area contributed by atoms with Gasteiger partial charge in [0, 0.05) is 30.3 Å². The first-order chi connectivity index (χ1) is 13.9. The van der Waals surface area contributed by atoms with Gasteiger partial charge >= 0.3 is 12.1 Å². The number of carboxylic acids is 1. The summed E-state index contributed by atoms with van der Waals surface area (Å²) < 4.78 is 11.9. The first-order valence-corrected chi connectivity index (χ1v) is 10.1. The van der Waals surface area contributed by atoms with Crippen LogP contribution >= 0.6 is 15.9 Å². The van der Waals surface area contributed by atoms with Gasteiger partial charge in [0.25, 0.3) is 0 Å². The van der Waals surface area contributed by atoms with Gasteiger partial charge in [-0.1, -0.05) is 36.4 Å². The Morgan fingerprint density at radius 2 is 1.86 bits per heavy atom. The fourth-order valence-electron chi connectivity index (χ4n) is 4.38. The zero-order chi connectivity index (χ0) is 20.5. The molecule has 1 aliphatic carbocycles. The number of halogens is 1. The van der Waals surface area contributed by atoms with E-state index in [1.165, 1.54) is 0 Å². The van der Waals surface area contributed by atoms with Gasteiger partial charge in [-0.3, -0.25) is 0 Å². The minimum Gasteiger partial charge on any atom is -0.480 e. The van der Waals surface area contributed by atoms with E-state index < -0.39 is 11.6 Å². The average molecular weight is 461 g/mol. The van der Waals surface area contributed by atoms with Crippen LogP contribution in [0.25, 0.3) is 0 Å². The zero-order valence-corrected chi connectivity index (χ0v) is 17.3. The van der Waals surface area contributed by atoms with Crippen molar-refractivity contribution in [3.63, 3.8) is 0 Å². The molecule has 2 aromatic rings. The highest BCUT2D eigenvalue weighted by Crippen LogP contribution is 2.61.